The van der Waals surface area contributed by atoms with Gasteiger partial charge in [0.05, 0.1) is 10.9 Å². The van der Waals surface area contributed by atoms with Crippen molar-refractivity contribution in [1.82, 2.24) is 15.5 Å². The lowest BCUT2D eigenvalue weighted by atomic mass is 10.0. The molecule has 0 saturated carbocycles. The average Bonchev–Trinajstić information content (AvgIpc) is 3.41. The summed E-state index contributed by atoms with van der Waals surface area (Å²) in [5.41, 5.74) is 2.51. The van der Waals surface area contributed by atoms with Gasteiger partial charge in [-0.1, -0.05) is 35.9 Å². The van der Waals surface area contributed by atoms with E-state index in [1.807, 2.05) is 11.4 Å². The van der Waals surface area contributed by atoms with E-state index in [2.05, 4.69) is 46.7 Å². The Hall–Kier alpha value is -2.18. The van der Waals surface area contributed by atoms with Crippen molar-refractivity contribution in [2.45, 2.75) is 38.6 Å². The Morgan fingerprint density at radius 2 is 1.86 bits per heavy atom. The molecule has 1 aromatic carbocycles. The Kier molecular flexibility index (Phi) is 7.62. The van der Waals surface area contributed by atoms with Crippen LogP contribution in [0, 0.1) is 6.92 Å². The molecule has 1 atom stereocenters. The van der Waals surface area contributed by atoms with E-state index in [1.54, 1.807) is 6.07 Å². The summed E-state index contributed by atoms with van der Waals surface area (Å²) in [5.74, 6) is -0.0226. The van der Waals surface area contributed by atoms with Crippen LogP contribution in [-0.2, 0) is 4.79 Å². The first-order valence-electron chi connectivity index (χ1n) is 10.0. The monoisotopic (exact) mass is 399 g/mol. The Morgan fingerprint density at radius 3 is 2.54 bits per heavy atom. The number of rotatable bonds is 9. The lowest BCUT2D eigenvalue weighted by Crippen LogP contribution is -2.37. The molecule has 1 aliphatic heterocycles. The lowest BCUT2D eigenvalue weighted by Gasteiger charge is -2.28. The van der Waals surface area contributed by atoms with Crippen LogP contribution in [0.25, 0.3) is 0 Å². The predicted octanol–water partition coefficient (Wildman–Crippen LogP) is 3.52. The van der Waals surface area contributed by atoms with Gasteiger partial charge in [-0.2, -0.15) is 0 Å². The maximum Gasteiger partial charge on any atom is 0.261 e. The van der Waals surface area contributed by atoms with Gasteiger partial charge in [0.1, 0.15) is 0 Å². The number of amides is 2. The van der Waals surface area contributed by atoms with E-state index >= 15 is 0 Å². The van der Waals surface area contributed by atoms with Crippen LogP contribution in [0.15, 0.2) is 41.8 Å². The van der Waals surface area contributed by atoms with Gasteiger partial charge in [0.25, 0.3) is 5.91 Å². The molecule has 2 amide bonds. The molecule has 0 radical (unpaired) electrons. The van der Waals surface area contributed by atoms with Crippen molar-refractivity contribution in [3.63, 3.8) is 0 Å². The zero-order chi connectivity index (χ0) is 19.8. The van der Waals surface area contributed by atoms with Crippen molar-refractivity contribution in [2.75, 3.05) is 26.2 Å². The number of carbonyl (C=O) groups excluding carboxylic acids is 2. The van der Waals surface area contributed by atoms with Crippen LogP contribution in [0.5, 0.6) is 0 Å². The molecule has 2 aromatic rings. The molecule has 1 fully saturated rings. The summed E-state index contributed by atoms with van der Waals surface area (Å²) in [7, 11) is 0. The lowest BCUT2D eigenvalue weighted by molar-refractivity contribution is -0.121. The second-order valence-electron chi connectivity index (χ2n) is 7.31. The number of nitrogens with one attached hydrogen (secondary N) is 2. The van der Waals surface area contributed by atoms with Gasteiger partial charge >= 0.3 is 0 Å². The molecule has 0 spiro atoms. The first kappa shape index (κ1) is 20.6. The van der Waals surface area contributed by atoms with E-state index in [1.165, 1.54) is 35.3 Å². The molecule has 2 heterocycles. The van der Waals surface area contributed by atoms with E-state index in [4.69, 9.17) is 0 Å². The van der Waals surface area contributed by atoms with Crippen LogP contribution in [0.3, 0.4) is 0 Å². The maximum atomic E-state index is 12.3. The highest BCUT2D eigenvalue weighted by Crippen LogP contribution is 2.25. The molecular formula is C22H29N3O2S. The SMILES string of the molecule is Cc1ccc(C(CNC(=O)CCCNC(=O)c2cccs2)N2CCCC2)cc1. The van der Waals surface area contributed by atoms with E-state index in [-0.39, 0.29) is 17.9 Å². The molecule has 150 valence electrons. The second-order valence-corrected chi connectivity index (χ2v) is 8.26. The summed E-state index contributed by atoms with van der Waals surface area (Å²) in [5, 5.41) is 7.84. The van der Waals surface area contributed by atoms with Crippen LogP contribution >= 0.6 is 11.3 Å². The van der Waals surface area contributed by atoms with Crippen molar-refractivity contribution in [3.05, 3.63) is 57.8 Å². The Bertz CT molecular complexity index is 753. The summed E-state index contributed by atoms with van der Waals surface area (Å²) < 4.78 is 0. The molecule has 0 aliphatic carbocycles. The van der Waals surface area contributed by atoms with Crippen molar-refractivity contribution in [3.8, 4) is 0 Å². The number of aryl methyl sites for hydroxylation is 1. The zero-order valence-corrected chi connectivity index (χ0v) is 17.3. The van der Waals surface area contributed by atoms with Gasteiger partial charge < -0.3 is 10.6 Å². The van der Waals surface area contributed by atoms with Crippen LogP contribution in [-0.4, -0.2) is 42.9 Å². The summed E-state index contributed by atoms with van der Waals surface area (Å²) >= 11 is 1.42. The molecule has 0 bridgehead atoms. The smallest absolute Gasteiger partial charge is 0.261 e. The number of benzene rings is 1. The highest BCUT2D eigenvalue weighted by molar-refractivity contribution is 7.12. The quantitative estimate of drug-likeness (QED) is 0.634. The van der Waals surface area contributed by atoms with Crippen molar-refractivity contribution < 1.29 is 9.59 Å². The molecule has 6 heteroatoms. The van der Waals surface area contributed by atoms with E-state index in [0.717, 1.165) is 13.1 Å². The topological polar surface area (TPSA) is 61.4 Å². The van der Waals surface area contributed by atoms with Gasteiger partial charge in [-0.05, 0) is 56.3 Å². The number of hydrogen-bond acceptors (Lipinski definition) is 4. The summed E-state index contributed by atoms with van der Waals surface area (Å²) in [6.45, 7) is 5.40. The largest absolute Gasteiger partial charge is 0.354 e. The number of thiophene rings is 1. The third kappa shape index (κ3) is 5.91. The number of nitrogens with zero attached hydrogens (tertiary/aromatic N) is 1. The fourth-order valence-corrected chi connectivity index (χ4v) is 4.18. The number of hydrogen-bond donors (Lipinski definition) is 2. The minimum absolute atomic E-state index is 0.0432. The van der Waals surface area contributed by atoms with E-state index in [0.29, 0.717) is 30.8 Å². The van der Waals surface area contributed by atoms with Gasteiger partial charge in [0, 0.05) is 19.5 Å². The highest BCUT2D eigenvalue weighted by Gasteiger charge is 2.23. The summed E-state index contributed by atoms with van der Waals surface area (Å²) in [4.78, 5) is 27.3. The Morgan fingerprint density at radius 1 is 1.11 bits per heavy atom. The molecule has 1 saturated heterocycles. The molecule has 1 aromatic heterocycles. The van der Waals surface area contributed by atoms with Crippen molar-refractivity contribution in [2.24, 2.45) is 0 Å². The van der Waals surface area contributed by atoms with E-state index < -0.39 is 0 Å². The van der Waals surface area contributed by atoms with Crippen LogP contribution in [0.4, 0.5) is 0 Å². The molecular weight excluding hydrogens is 370 g/mol. The minimum atomic E-state index is -0.0659. The summed E-state index contributed by atoms with van der Waals surface area (Å²) in [6.07, 6.45) is 3.51. The van der Waals surface area contributed by atoms with Crippen molar-refractivity contribution >= 4 is 23.2 Å². The van der Waals surface area contributed by atoms with E-state index in [9.17, 15) is 9.59 Å². The molecule has 2 N–H and O–H groups in total. The number of carbonyl (C=O) groups is 2. The molecule has 3 rings (SSSR count). The molecule has 28 heavy (non-hydrogen) atoms. The molecule has 1 aliphatic rings. The first-order chi connectivity index (χ1) is 13.6. The van der Waals surface area contributed by atoms with Gasteiger partial charge in [0.15, 0.2) is 0 Å². The van der Waals surface area contributed by atoms with Crippen LogP contribution in [0.2, 0.25) is 0 Å². The molecule has 1 unspecified atom stereocenters. The second kappa shape index (κ2) is 10.4. The third-order valence-electron chi connectivity index (χ3n) is 5.15. The van der Waals surface area contributed by atoms with Gasteiger partial charge in [-0.3, -0.25) is 14.5 Å². The third-order valence-corrected chi connectivity index (χ3v) is 6.02. The minimum Gasteiger partial charge on any atom is -0.354 e. The van der Waals surface area contributed by atoms with Crippen LogP contribution in [0.1, 0.15) is 52.5 Å². The maximum absolute atomic E-state index is 12.3. The summed E-state index contributed by atoms with van der Waals surface area (Å²) in [6, 6.07) is 12.5. The average molecular weight is 400 g/mol. The standard InChI is InChI=1S/C22H29N3O2S/c1-17-8-10-18(11-9-17)19(25-13-2-3-14-25)16-24-21(26)7-4-12-23-22(27)20-6-5-15-28-20/h5-6,8-11,15,19H,2-4,7,12-14,16H2,1H3,(H,23,27)(H,24,26). The highest BCUT2D eigenvalue weighted by atomic mass is 32.1. The fourth-order valence-electron chi connectivity index (χ4n) is 3.54. The van der Waals surface area contributed by atoms with Gasteiger partial charge in [-0.25, -0.2) is 0 Å². The zero-order valence-electron chi connectivity index (χ0n) is 16.4. The van der Waals surface area contributed by atoms with Crippen molar-refractivity contribution in [1.29, 1.82) is 0 Å². The normalized spacial score (nSPS) is 15.3. The fraction of sp³-hybridized carbons (Fsp3) is 0.455. The predicted molar refractivity (Wildman–Crippen MR) is 114 cm³/mol. The van der Waals surface area contributed by atoms with Gasteiger partial charge in [-0.15, -0.1) is 11.3 Å². The van der Waals surface area contributed by atoms with Crippen LogP contribution < -0.4 is 10.6 Å². The Labute approximate surface area is 171 Å². The Balaban J connectivity index is 1.43. The van der Waals surface area contributed by atoms with Gasteiger partial charge in [0.2, 0.25) is 5.91 Å². The first-order valence-corrected chi connectivity index (χ1v) is 10.9. The number of likely N-dealkylation sites (tertiary alicyclic amines) is 1. The molecule has 5 nitrogen and oxygen atoms in total.